The van der Waals surface area contributed by atoms with Crippen LogP contribution in [-0.4, -0.2) is 37.6 Å². The van der Waals surface area contributed by atoms with Crippen molar-refractivity contribution in [1.29, 1.82) is 0 Å². The maximum atomic E-state index is 13.2. The summed E-state index contributed by atoms with van der Waals surface area (Å²) >= 11 is 0. The van der Waals surface area contributed by atoms with E-state index in [1.165, 1.54) is 11.0 Å². The number of ether oxygens (including phenoxy) is 1. The second kappa shape index (κ2) is 7.68. The molecule has 1 amide bonds. The van der Waals surface area contributed by atoms with Crippen LogP contribution in [0.3, 0.4) is 0 Å². The third kappa shape index (κ3) is 4.82. The van der Waals surface area contributed by atoms with Crippen LogP contribution in [0.4, 0.5) is 8.78 Å². The summed E-state index contributed by atoms with van der Waals surface area (Å²) in [6.07, 6.45) is 0.778. The van der Waals surface area contributed by atoms with E-state index in [9.17, 15) is 13.6 Å². The molecule has 0 atom stereocenters. The van der Waals surface area contributed by atoms with Crippen molar-refractivity contribution in [1.82, 2.24) is 4.90 Å². The number of carbonyl (C=O) groups excluding carboxylic acids is 1. The van der Waals surface area contributed by atoms with Crippen molar-refractivity contribution in [3.05, 3.63) is 29.8 Å². The Labute approximate surface area is 111 Å². The fourth-order valence-corrected chi connectivity index (χ4v) is 1.50. The van der Waals surface area contributed by atoms with E-state index in [1.807, 2.05) is 0 Å². The van der Waals surface area contributed by atoms with Crippen molar-refractivity contribution < 1.29 is 18.3 Å². The molecule has 4 nitrogen and oxygen atoms in total. The van der Waals surface area contributed by atoms with Crippen LogP contribution in [0.5, 0.6) is 5.75 Å². The van der Waals surface area contributed by atoms with E-state index in [4.69, 9.17) is 10.5 Å². The lowest BCUT2D eigenvalue weighted by Gasteiger charge is -2.16. The number of amides is 1. The molecule has 0 radical (unpaired) electrons. The van der Waals surface area contributed by atoms with Gasteiger partial charge < -0.3 is 15.4 Å². The van der Waals surface area contributed by atoms with E-state index in [2.05, 4.69) is 0 Å². The smallest absolute Gasteiger partial charge is 0.225 e. The summed E-state index contributed by atoms with van der Waals surface area (Å²) in [6.45, 7) is 1.00. The Bertz CT molecular complexity index is 407. The molecule has 0 aliphatic heterocycles. The molecular formula is C13H18F2N2O2. The number of para-hydroxylation sites is 1. The van der Waals surface area contributed by atoms with E-state index < -0.39 is 17.4 Å². The third-order valence-corrected chi connectivity index (χ3v) is 2.60. The number of rotatable bonds is 7. The lowest BCUT2D eigenvalue weighted by molar-refractivity contribution is -0.130. The molecule has 1 aromatic rings. The number of carbonyl (C=O) groups is 1. The number of nitrogens with two attached hydrogens (primary N) is 1. The molecule has 0 heterocycles. The molecule has 0 saturated heterocycles. The van der Waals surface area contributed by atoms with Crippen LogP contribution in [0.2, 0.25) is 0 Å². The molecule has 1 rings (SSSR count). The normalized spacial score (nSPS) is 10.3. The van der Waals surface area contributed by atoms with E-state index in [1.54, 1.807) is 7.05 Å². The first-order chi connectivity index (χ1) is 9.06. The van der Waals surface area contributed by atoms with Gasteiger partial charge in [0.2, 0.25) is 5.91 Å². The minimum atomic E-state index is -0.774. The van der Waals surface area contributed by atoms with Crippen LogP contribution in [0, 0.1) is 11.6 Å². The molecule has 0 bridgehead atoms. The number of nitrogens with zero attached hydrogens (tertiary/aromatic N) is 1. The molecular weight excluding hydrogens is 254 g/mol. The van der Waals surface area contributed by atoms with Crippen molar-refractivity contribution >= 4 is 5.91 Å². The highest BCUT2D eigenvalue weighted by Gasteiger charge is 2.12. The zero-order valence-corrected chi connectivity index (χ0v) is 10.9. The van der Waals surface area contributed by atoms with Crippen LogP contribution in [0.15, 0.2) is 18.2 Å². The van der Waals surface area contributed by atoms with Crippen molar-refractivity contribution in [2.45, 2.75) is 12.8 Å². The first-order valence-electron chi connectivity index (χ1n) is 6.07. The number of benzene rings is 1. The van der Waals surface area contributed by atoms with Crippen LogP contribution in [0.1, 0.15) is 12.8 Å². The Balaban J connectivity index is 2.40. The fourth-order valence-electron chi connectivity index (χ4n) is 1.50. The van der Waals surface area contributed by atoms with E-state index in [0.717, 1.165) is 12.1 Å². The van der Waals surface area contributed by atoms with E-state index in [-0.39, 0.29) is 18.9 Å². The highest BCUT2D eigenvalue weighted by Crippen LogP contribution is 2.20. The molecule has 0 aromatic heterocycles. The molecule has 2 N–H and O–H groups in total. The molecule has 6 heteroatoms. The summed E-state index contributed by atoms with van der Waals surface area (Å²) in [7, 11) is 1.65. The molecule has 0 saturated carbocycles. The van der Waals surface area contributed by atoms with Gasteiger partial charge in [0.05, 0.1) is 13.0 Å². The SMILES string of the molecule is CN(CCCN)C(=O)CCOc1c(F)cccc1F. The van der Waals surface area contributed by atoms with Gasteiger partial charge in [-0.2, -0.15) is 0 Å². The summed E-state index contributed by atoms with van der Waals surface area (Å²) in [5.74, 6) is -2.14. The Kier molecular flexibility index (Phi) is 6.21. The zero-order chi connectivity index (χ0) is 14.3. The van der Waals surface area contributed by atoms with Gasteiger partial charge in [-0.25, -0.2) is 8.78 Å². The second-order valence-electron chi connectivity index (χ2n) is 4.11. The van der Waals surface area contributed by atoms with Gasteiger partial charge in [0.15, 0.2) is 17.4 Å². The van der Waals surface area contributed by atoms with Crippen LogP contribution >= 0.6 is 0 Å². The van der Waals surface area contributed by atoms with Crippen molar-refractivity contribution in [2.75, 3.05) is 26.7 Å². The van der Waals surface area contributed by atoms with Crippen LogP contribution in [0.25, 0.3) is 0 Å². The molecule has 0 aliphatic rings. The zero-order valence-electron chi connectivity index (χ0n) is 10.9. The summed E-state index contributed by atoms with van der Waals surface area (Å²) in [5, 5.41) is 0. The molecule has 0 unspecified atom stereocenters. The monoisotopic (exact) mass is 272 g/mol. The number of hydrogen-bond donors (Lipinski definition) is 1. The maximum Gasteiger partial charge on any atom is 0.225 e. The standard InChI is InChI=1S/C13H18F2N2O2/c1-17(8-3-7-16)12(18)6-9-19-13-10(14)4-2-5-11(13)15/h2,4-5H,3,6-9,16H2,1H3. The number of hydrogen-bond acceptors (Lipinski definition) is 3. The van der Waals surface area contributed by atoms with Gasteiger partial charge in [0.25, 0.3) is 0 Å². The van der Waals surface area contributed by atoms with E-state index >= 15 is 0 Å². The van der Waals surface area contributed by atoms with Crippen molar-refractivity contribution in [2.24, 2.45) is 5.73 Å². The fraction of sp³-hybridized carbons (Fsp3) is 0.462. The summed E-state index contributed by atoms with van der Waals surface area (Å²) in [5.41, 5.74) is 5.34. The first kappa shape index (κ1) is 15.4. The van der Waals surface area contributed by atoms with Gasteiger partial charge in [0, 0.05) is 13.6 Å². The minimum absolute atomic E-state index is 0.0643. The highest BCUT2D eigenvalue weighted by molar-refractivity contribution is 5.75. The second-order valence-corrected chi connectivity index (χ2v) is 4.11. The highest BCUT2D eigenvalue weighted by atomic mass is 19.1. The molecule has 0 spiro atoms. The Morgan fingerprint density at radius 3 is 2.58 bits per heavy atom. The predicted octanol–water partition coefficient (Wildman–Crippen LogP) is 1.54. The lowest BCUT2D eigenvalue weighted by atomic mass is 10.3. The van der Waals surface area contributed by atoms with Crippen LogP contribution in [-0.2, 0) is 4.79 Å². The van der Waals surface area contributed by atoms with Crippen LogP contribution < -0.4 is 10.5 Å². The molecule has 0 aliphatic carbocycles. The quantitative estimate of drug-likeness (QED) is 0.819. The number of halogens is 2. The average molecular weight is 272 g/mol. The summed E-state index contributed by atoms with van der Waals surface area (Å²) < 4.78 is 31.4. The van der Waals surface area contributed by atoms with Gasteiger partial charge in [-0.05, 0) is 25.1 Å². The lowest BCUT2D eigenvalue weighted by Crippen LogP contribution is -2.30. The Hall–Kier alpha value is -1.69. The summed E-state index contributed by atoms with van der Waals surface area (Å²) in [4.78, 5) is 13.1. The largest absolute Gasteiger partial charge is 0.487 e. The molecule has 1 aromatic carbocycles. The Morgan fingerprint density at radius 2 is 2.00 bits per heavy atom. The molecule has 0 fully saturated rings. The van der Waals surface area contributed by atoms with Gasteiger partial charge >= 0.3 is 0 Å². The van der Waals surface area contributed by atoms with Gasteiger partial charge in [-0.3, -0.25) is 4.79 Å². The van der Waals surface area contributed by atoms with Crippen molar-refractivity contribution in [3.8, 4) is 5.75 Å². The molecule has 19 heavy (non-hydrogen) atoms. The third-order valence-electron chi connectivity index (χ3n) is 2.60. The van der Waals surface area contributed by atoms with Gasteiger partial charge in [-0.1, -0.05) is 6.07 Å². The van der Waals surface area contributed by atoms with Gasteiger partial charge in [0.1, 0.15) is 0 Å². The minimum Gasteiger partial charge on any atom is -0.487 e. The summed E-state index contributed by atoms with van der Waals surface area (Å²) in [6, 6.07) is 3.46. The van der Waals surface area contributed by atoms with Gasteiger partial charge in [-0.15, -0.1) is 0 Å². The Morgan fingerprint density at radius 1 is 1.37 bits per heavy atom. The van der Waals surface area contributed by atoms with Crippen molar-refractivity contribution in [3.63, 3.8) is 0 Å². The topological polar surface area (TPSA) is 55.6 Å². The maximum absolute atomic E-state index is 13.2. The average Bonchev–Trinajstić information content (AvgIpc) is 2.39. The predicted molar refractivity (Wildman–Crippen MR) is 67.8 cm³/mol. The first-order valence-corrected chi connectivity index (χ1v) is 6.07. The molecule has 106 valence electrons. The van der Waals surface area contributed by atoms with E-state index in [0.29, 0.717) is 19.5 Å².